The maximum Gasteiger partial charge on any atom is 0.313 e. The quantitative estimate of drug-likeness (QED) is 0.795. The van der Waals surface area contributed by atoms with Gasteiger partial charge in [0.2, 0.25) is 0 Å². The minimum absolute atomic E-state index is 0.161. The first-order valence-electron chi connectivity index (χ1n) is 7.39. The van der Waals surface area contributed by atoms with Gasteiger partial charge in [0.1, 0.15) is 0 Å². The molecule has 1 aromatic heterocycles. The Balaban J connectivity index is 1.93. The zero-order chi connectivity index (χ0) is 15.4. The number of fused-ring (bicyclic) bond motifs is 2. The number of likely N-dealkylation sites (N-methyl/N-ethyl adjacent to an activating group) is 1. The fraction of sp³-hybridized carbons (Fsp3) is 0.353. The zero-order valence-corrected chi connectivity index (χ0v) is 14.1. The number of H-pyrrole nitrogens is 1. The Morgan fingerprint density at radius 1 is 1.45 bits per heavy atom. The van der Waals surface area contributed by atoms with Crippen LogP contribution >= 0.6 is 15.9 Å². The molecule has 4 rings (SSSR count). The number of methoxy groups -OCH3 is 1. The fourth-order valence-electron chi connectivity index (χ4n) is 3.80. The number of carbonyl (C=O) groups is 1. The number of nitrogens with one attached hydrogen (secondary N) is 1. The molecule has 4 nitrogen and oxygen atoms in total. The molecule has 1 aliphatic carbocycles. The molecule has 0 saturated carbocycles. The Morgan fingerprint density at radius 3 is 3.05 bits per heavy atom. The number of ether oxygens (including phenoxy) is 1. The summed E-state index contributed by atoms with van der Waals surface area (Å²) < 4.78 is 6.01. The van der Waals surface area contributed by atoms with E-state index >= 15 is 0 Å². The van der Waals surface area contributed by atoms with Crippen LogP contribution in [0.15, 0.2) is 28.9 Å². The van der Waals surface area contributed by atoms with Crippen LogP contribution < -0.4 is 0 Å². The van der Waals surface area contributed by atoms with Gasteiger partial charge in [0.25, 0.3) is 0 Å². The molecular weight excluding hydrogens is 344 g/mol. The maximum atomic E-state index is 12.0. The summed E-state index contributed by atoms with van der Waals surface area (Å²) in [5.74, 6) is -0.355. The summed E-state index contributed by atoms with van der Waals surface area (Å²) in [6.07, 6.45) is 3.06. The van der Waals surface area contributed by atoms with Gasteiger partial charge in [-0.1, -0.05) is 18.2 Å². The third-order valence-corrected chi connectivity index (χ3v) is 5.52. The first-order chi connectivity index (χ1) is 10.6. The van der Waals surface area contributed by atoms with E-state index in [0.717, 1.165) is 16.5 Å². The highest BCUT2D eigenvalue weighted by Crippen LogP contribution is 2.43. The Hall–Kier alpha value is -1.59. The minimum Gasteiger partial charge on any atom is -0.469 e. The fourth-order valence-corrected chi connectivity index (χ4v) is 4.37. The second-order valence-corrected chi connectivity index (χ2v) is 6.85. The van der Waals surface area contributed by atoms with E-state index in [0.29, 0.717) is 12.6 Å². The molecule has 0 bridgehead atoms. The molecule has 2 heterocycles. The van der Waals surface area contributed by atoms with Gasteiger partial charge in [-0.15, -0.1) is 0 Å². The molecule has 2 aromatic rings. The molecule has 1 aromatic carbocycles. The molecule has 0 amide bonds. The van der Waals surface area contributed by atoms with E-state index in [9.17, 15) is 4.79 Å². The second-order valence-electron chi connectivity index (χ2n) is 6.06. The number of rotatable bonds is 1. The number of aromatic nitrogens is 1. The molecule has 0 radical (unpaired) electrons. The summed E-state index contributed by atoms with van der Waals surface area (Å²) in [7, 11) is 3.54. The van der Waals surface area contributed by atoms with Crippen molar-refractivity contribution in [1.29, 1.82) is 0 Å². The molecule has 0 unspecified atom stereocenters. The van der Waals surface area contributed by atoms with Crippen molar-refractivity contribution in [3.63, 3.8) is 0 Å². The van der Waals surface area contributed by atoms with Crippen LogP contribution in [0.5, 0.6) is 0 Å². The highest BCUT2D eigenvalue weighted by atomic mass is 79.9. The van der Waals surface area contributed by atoms with Gasteiger partial charge in [0.15, 0.2) is 0 Å². The smallest absolute Gasteiger partial charge is 0.313 e. The van der Waals surface area contributed by atoms with Gasteiger partial charge >= 0.3 is 5.97 Å². The van der Waals surface area contributed by atoms with E-state index in [1.807, 2.05) is 0 Å². The molecule has 2 atom stereocenters. The third-order valence-electron chi connectivity index (χ3n) is 4.84. The highest BCUT2D eigenvalue weighted by Gasteiger charge is 2.36. The van der Waals surface area contributed by atoms with Crippen molar-refractivity contribution < 1.29 is 9.53 Å². The van der Waals surface area contributed by atoms with Gasteiger partial charge in [0, 0.05) is 23.5 Å². The lowest BCUT2D eigenvalue weighted by molar-refractivity contribution is -0.144. The normalized spacial score (nSPS) is 24.0. The minimum atomic E-state index is -0.194. The third kappa shape index (κ3) is 1.88. The number of aromatic amines is 1. The SMILES string of the molecule is COC(=O)[C@@H]1C=C2c3cccc4[nH]c(Br)c(c34)C[C@H]2N(C)C1. The highest BCUT2D eigenvalue weighted by molar-refractivity contribution is 9.10. The van der Waals surface area contributed by atoms with Gasteiger partial charge in [-0.3, -0.25) is 9.69 Å². The van der Waals surface area contributed by atoms with E-state index in [2.05, 4.69) is 57.1 Å². The Kier molecular flexibility index (Phi) is 3.16. The van der Waals surface area contributed by atoms with Crippen LogP contribution in [0.3, 0.4) is 0 Å². The average Bonchev–Trinajstić information content (AvgIpc) is 2.84. The summed E-state index contributed by atoms with van der Waals surface area (Å²) in [5, 5.41) is 1.27. The van der Waals surface area contributed by atoms with Gasteiger partial charge in [-0.25, -0.2) is 0 Å². The van der Waals surface area contributed by atoms with Crippen LogP contribution in [-0.4, -0.2) is 42.6 Å². The van der Waals surface area contributed by atoms with Crippen LogP contribution in [0.1, 0.15) is 11.1 Å². The van der Waals surface area contributed by atoms with E-state index < -0.39 is 0 Å². The number of benzene rings is 1. The maximum absolute atomic E-state index is 12.0. The molecule has 2 aliphatic rings. The van der Waals surface area contributed by atoms with Crippen molar-refractivity contribution in [1.82, 2.24) is 9.88 Å². The van der Waals surface area contributed by atoms with Gasteiger partial charge in [-0.2, -0.15) is 0 Å². The molecule has 0 spiro atoms. The number of hydrogen-bond acceptors (Lipinski definition) is 3. The van der Waals surface area contributed by atoms with Crippen LogP contribution in [-0.2, 0) is 16.0 Å². The van der Waals surface area contributed by atoms with E-state index in [4.69, 9.17) is 4.74 Å². The molecule has 5 heteroatoms. The number of carbonyl (C=O) groups excluding carboxylic acids is 1. The van der Waals surface area contributed by atoms with Gasteiger partial charge < -0.3 is 9.72 Å². The second kappa shape index (κ2) is 4.96. The molecular formula is C17H17BrN2O2. The van der Waals surface area contributed by atoms with E-state index in [1.54, 1.807) is 0 Å². The van der Waals surface area contributed by atoms with E-state index in [1.165, 1.54) is 29.2 Å². The summed E-state index contributed by atoms with van der Waals surface area (Å²) in [6.45, 7) is 0.703. The zero-order valence-electron chi connectivity index (χ0n) is 12.5. The van der Waals surface area contributed by atoms with Crippen molar-refractivity contribution in [2.45, 2.75) is 12.5 Å². The van der Waals surface area contributed by atoms with Crippen molar-refractivity contribution in [2.75, 3.05) is 20.7 Å². The number of nitrogens with zero attached hydrogens (tertiary/aromatic N) is 1. The molecule has 114 valence electrons. The topological polar surface area (TPSA) is 45.3 Å². The summed E-state index contributed by atoms with van der Waals surface area (Å²) in [4.78, 5) is 17.6. The summed E-state index contributed by atoms with van der Waals surface area (Å²) in [5.41, 5.74) is 4.94. The van der Waals surface area contributed by atoms with Crippen LogP contribution in [0.4, 0.5) is 0 Å². The van der Waals surface area contributed by atoms with Crippen molar-refractivity contribution in [3.8, 4) is 0 Å². The monoisotopic (exact) mass is 360 g/mol. The Morgan fingerprint density at radius 2 is 2.27 bits per heavy atom. The Labute approximate surface area is 137 Å². The number of esters is 1. The predicted octanol–water partition coefficient (Wildman–Crippen LogP) is 2.97. The lowest BCUT2D eigenvalue weighted by atomic mass is 9.80. The molecule has 0 saturated heterocycles. The lowest BCUT2D eigenvalue weighted by Crippen LogP contribution is -2.44. The summed E-state index contributed by atoms with van der Waals surface area (Å²) >= 11 is 3.65. The van der Waals surface area contributed by atoms with Crippen LogP contribution in [0.2, 0.25) is 0 Å². The molecule has 22 heavy (non-hydrogen) atoms. The number of halogens is 1. The first kappa shape index (κ1) is 14.0. The van der Waals surface area contributed by atoms with E-state index in [-0.39, 0.29) is 11.9 Å². The molecule has 0 fully saturated rings. The average molecular weight is 361 g/mol. The van der Waals surface area contributed by atoms with Crippen LogP contribution in [0, 0.1) is 5.92 Å². The number of hydrogen-bond donors (Lipinski definition) is 1. The van der Waals surface area contributed by atoms with Gasteiger partial charge in [-0.05, 0) is 52.2 Å². The lowest BCUT2D eigenvalue weighted by Gasteiger charge is -2.39. The molecule has 1 aliphatic heterocycles. The van der Waals surface area contributed by atoms with Crippen LogP contribution in [0.25, 0.3) is 16.5 Å². The van der Waals surface area contributed by atoms with Crippen molar-refractivity contribution >= 4 is 38.4 Å². The first-order valence-corrected chi connectivity index (χ1v) is 8.18. The largest absolute Gasteiger partial charge is 0.469 e. The van der Waals surface area contributed by atoms with Gasteiger partial charge in [0.05, 0.1) is 17.6 Å². The summed E-state index contributed by atoms with van der Waals surface area (Å²) in [6, 6.07) is 6.62. The van der Waals surface area contributed by atoms with Crippen molar-refractivity contribution in [2.24, 2.45) is 5.92 Å². The molecule has 1 N–H and O–H groups in total. The van der Waals surface area contributed by atoms with Crippen molar-refractivity contribution in [3.05, 3.63) is 40.0 Å². The Bertz CT molecular complexity index is 808. The standard InChI is InChI=1S/C17H17BrN2O2/c1-20-8-9(17(21)22-2)6-11-10-4-3-5-13-15(10)12(7-14(11)20)16(18)19-13/h3-6,9,14,19H,7-8H2,1-2H3/t9-,14-/m1/s1. The predicted molar refractivity (Wildman–Crippen MR) is 89.6 cm³/mol.